The second kappa shape index (κ2) is 15.8. The van der Waals surface area contributed by atoms with Gasteiger partial charge in [-0.1, -0.05) is 54.6 Å². The smallest absolute Gasteiger partial charge is 0.0541 e. The van der Waals surface area contributed by atoms with Gasteiger partial charge in [0, 0.05) is 81.9 Å². The van der Waals surface area contributed by atoms with E-state index < -0.39 is 0 Å². The molecule has 0 bridgehead atoms. The predicted octanol–water partition coefficient (Wildman–Crippen LogP) is 4.67. The van der Waals surface area contributed by atoms with Crippen LogP contribution in [0, 0.1) is 0 Å². The zero-order valence-electron chi connectivity index (χ0n) is 23.7. The number of fused-ring (bicyclic) bond motifs is 1. The molecule has 3 heterocycles. The molecule has 0 atom stereocenters. The number of aromatic nitrogens is 3. The van der Waals surface area contributed by atoms with Gasteiger partial charge in [-0.05, 0) is 60.0 Å². The highest BCUT2D eigenvalue weighted by Crippen LogP contribution is 2.17. The third-order valence-electron chi connectivity index (χ3n) is 7.28. The Morgan fingerprint density at radius 1 is 0.610 bits per heavy atom. The van der Waals surface area contributed by atoms with Crippen LogP contribution in [0.1, 0.15) is 28.1 Å². The Labute approximate surface area is 243 Å². The number of hydrogen-bond donors (Lipinski definition) is 4. The third-order valence-corrected chi connectivity index (χ3v) is 7.28. The maximum absolute atomic E-state index is 4.41. The highest BCUT2D eigenvalue weighted by atomic mass is 15.1. The van der Waals surface area contributed by atoms with Gasteiger partial charge in [0.25, 0.3) is 0 Å². The molecule has 5 aromatic rings. The molecule has 5 rings (SSSR count). The van der Waals surface area contributed by atoms with Gasteiger partial charge in [0.05, 0.1) is 11.4 Å². The van der Waals surface area contributed by atoms with E-state index in [0.717, 1.165) is 76.7 Å². The number of benzene rings is 2. The Morgan fingerprint density at radius 3 is 1.88 bits per heavy atom. The molecule has 3 aromatic heterocycles. The van der Waals surface area contributed by atoms with E-state index in [9.17, 15) is 0 Å². The molecule has 0 aliphatic rings. The number of nitrogens with one attached hydrogen (secondary N) is 4. The van der Waals surface area contributed by atoms with E-state index in [1.54, 1.807) is 0 Å². The summed E-state index contributed by atoms with van der Waals surface area (Å²) >= 11 is 0. The molecule has 2 aromatic carbocycles. The van der Waals surface area contributed by atoms with E-state index in [1.807, 2.05) is 36.7 Å². The number of pyridine rings is 2. The lowest BCUT2D eigenvalue weighted by atomic mass is 10.1. The Bertz CT molecular complexity index is 1370. The largest absolute Gasteiger partial charge is 0.361 e. The highest BCUT2D eigenvalue weighted by molar-refractivity contribution is 5.83. The normalized spacial score (nSPS) is 11.4. The number of nitrogens with zero attached hydrogens (tertiary/aromatic N) is 3. The van der Waals surface area contributed by atoms with Gasteiger partial charge in [-0.15, -0.1) is 0 Å². The quantitative estimate of drug-likeness (QED) is 0.127. The fourth-order valence-electron chi connectivity index (χ4n) is 5.00. The van der Waals surface area contributed by atoms with E-state index in [1.165, 1.54) is 27.6 Å². The van der Waals surface area contributed by atoms with Gasteiger partial charge in [-0.3, -0.25) is 14.9 Å². The third kappa shape index (κ3) is 9.33. The van der Waals surface area contributed by atoms with E-state index >= 15 is 0 Å². The summed E-state index contributed by atoms with van der Waals surface area (Å²) in [4.78, 5) is 14.7. The first-order valence-electron chi connectivity index (χ1n) is 14.6. The van der Waals surface area contributed by atoms with Crippen molar-refractivity contribution in [2.75, 3.05) is 32.7 Å². The van der Waals surface area contributed by atoms with Crippen molar-refractivity contribution in [3.05, 3.63) is 132 Å². The first-order chi connectivity index (χ1) is 20.3. The molecule has 7 heteroatoms. The van der Waals surface area contributed by atoms with Crippen LogP contribution in [0.25, 0.3) is 10.9 Å². The van der Waals surface area contributed by atoms with Crippen LogP contribution >= 0.6 is 0 Å². The van der Waals surface area contributed by atoms with Gasteiger partial charge in [-0.2, -0.15) is 0 Å². The first kappa shape index (κ1) is 28.6. The summed E-state index contributed by atoms with van der Waals surface area (Å²) in [6, 6.07) is 29.6. The number of rotatable bonds is 17. The van der Waals surface area contributed by atoms with Crippen molar-refractivity contribution in [1.82, 2.24) is 35.8 Å². The van der Waals surface area contributed by atoms with Crippen LogP contribution in [-0.2, 0) is 32.6 Å². The average Bonchev–Trinajstić information content (AvgIpc) is 3.44. The molecule has 0 aliphatic carbocycles. The molecule has 0 spiro atoms. The summed E-state index contributed by atoms with van der Waals surface area (Å²) in [6.07, 6.45) is 6.84. The summed E-state index contributed by atoms with van der Waals surface area (Å²) < 4.78 is 0. The summed E-state index contributed by atoms with van der Waals surface area (Å²) in [7, 11) is 0. The molecule has 41 heavy (non-hydrogen) atoms. The molecular formula is C34H41N7. The zero-order valence-corrected chi connectivity index (χ0v) is 23.7. The molecule has 212 valence electrons. The molecule has 0 saturated heterocycles. The molecule has 0 fully saturated rings. The van der Waals surface area contributed by atoms with Crippen LogP contribution in [0.2, 0.25) is 0 Å². The number of hydrogen-bond acceptors (Lipinski definition) is 6. The van der Waals surface area contributed by atoms with E-state index in [-0.39, 0.29) is 0 Å². The minimum atomic E-state index is 0.786. The maximum Gasteiger partial charge on any atom is 0.0541 e. The van der Waals surface area contributed by atoms with Crippen LogP contribution in [0.4, 0.5) is 0 Å². The first-order valence-corrected chi connectivity index (χ1v) is 14.6. The highest BCUT2D eigenvalue weighted by Gasteiger charge is 2.07. The lowest BCUT2D eigenvalue weighted by molar-refractivity contribution is 0.263. The molecule has 7 nitrogen and oxygen atoms in total. The maximum atomic E-state index is 4.41. The predicted molar refractivity (Wildman–Crippen MR) is 167 cm³/mol. The Hall–Kier alpha value is -3.88. The molecule has 0 amide bonds. The van der Waals surface area contributed by atoms with Gasteiger partial charge < -0.3 is 20.9 Å². The number of para-hydroxylation sites is 1. The second-order valence-electron chi connectivity index (χ2n) is 10.4. The van der Waals surface area contributed by atoms with Crippen molar-refractivity contribution in [2.24, 2.45) is 0 Å². The van der Waals surface area contributed by atoms with Crippen LogP contribution < -0.4 is 16.0 Å². The van der Waals surface area contributed by atoms with Gasteiger partial charge >= 0.3 is 0 Å². The molecule has 0 radical (unpaired) electrons. The van der Waals surface area contributed by atoms with Crippen molar-refractivity contribution < 1.29 is 0 Å². The molecule has 0 aliphatic heterocycles. The summed E-state index contributed by atoms with van der Waals surface area (Å²) in [6.45, 7) is 8.08. The fourth-order valence-corrected chi connectivity index (χ4v) is 5.00. The van der Waals surface area contributed by atoms with Crippen LogP contribution in [0.15, 0.2) is 104 Å². The summed E-state index contributed by atoms with van der Waals surface area (Å²) in [5.41, 5.74) is 7.37. The van der Waals surface area contributed by atoms with Crippen LogP contribution in [0.3, 0.4) is 0 Å². The molecular weight excluding hydrogens is 506 g/mol. The number of aromatic amines is 1. The fraction of sp³-hybridized carbons (Fsp3) is 0.294. The van der Waals surface area contributed by atoms with Crippen LogP contribution in [0.5, 0.6) is 0 Å². The average molecular weight is 548 g/mol. The molecule has 4 N–H and O–H groups in total. The van der Waals surface area contributed by atoms with E-state index in [4.69, 9.17) is 0 Å². The summed E-state index contributed by atoms with van der Waals surface area (Å²) in [5.74, 6) is 0. The number of H-pyrrole nitrogens is 1. The Kier molecular flexibility index (Phi) is 11.0. The van der Waals surface area contributed by atoms with E-state index in [0.29, 0.717) is 0 Å². The van der Waals surface area contributed by atoms with Crippen molar-refractivity contribution in [2.45, 2.75) is 32.6 Å². The zero-order chi connectivity index (χ0) is 28.0. The van der Waals surface area contributed by atoms with Crippen molar-refractivity contribution in [3.8, 4) is 0 Å². The Morgan fingerprint density at radius 2 is 1.22 bits per heavy atom. The van der Waals surface area contributed by atoms with Crippen LogP contribution in [-0.4, -0.2) is 52.6 Å². The summed E-state index contributed by atoms with van der Waals surface area (Å²) in [5, 5.41) is 12.0. The second-order valence-corrected chi connectivity index (χ2v) is 10.4. The topological polar surface area (TPSA) is 80.9 Å². The minimum absolute atomic E-state index is 0.786. The van der Waals surface area contributed by atoms with Crippen molar-refractivity contribution in [1.29, 1.82) is 0 Å². The molecule has 0 saturated carbocycles. The lowest BCUT2D eigenvalue weighted by Gasteiger charge is -2.23. The van der Waals surface area contributed by atoms with Gasteiger partial charge in [0.2, 0.25) is 0 Å². The van der Waals surface area contributed by atoms with Gasteiger partial charge in [0.15, 0.2) is 0 Å². The monoisotopic (exact) mass is 547 g/mol. The lowest BCUT2D eigenvalue weighted by Crippen LogP contribution is -2.36. The van der Waals surface area contributed by atoms with E-state index in [2.05, 4.69) is 103 Å². The minimum Gasteiger partial charge on any atom is -0.361 e. The van der Waals surface area contributed by atoms with Gasteiger partial charge in [0.1, 0.15) is 0 Å². The SMILES string of the molecule is c1ccc(CNCCN(CCNCc2ccccn2)Cc2ccc(CNCCc3c[nH]c4ccccc34)cc2)nc1. The van der Waals surface area contributed by atoms with Crippen molar-refractivity contribution >= 4 is 10.9 Å². The standard InChI is InChI=1S/C34H41N7/c1-2-10-34-33(9-1)30(24-40-34)15-18-35-23-28-11-13-29(14-12-28)27-41(21-19-36-25-31-7-3-5-16-38-31)22-20-37-26-32-8-4-6-17-39-32/h1-14,16-17,24,35-37,40H,15,18-23,25-27H2. The van der Waals surface area contributed by atoms with Crippen molar-refractivity contribution in [3.63, 3.8) is 0 Å². The molecule has 0 unspecified atom stereocenters. The Balaban J connectivity index is 1.07. The van der Waals surface area contributed by atoms with Gasteiger partial charge in [-0.25, -0.2) is 0 Å².